The molecular formula is C12H23N5S. The molecule has 5 nitrogen and oxygen atoms in total. The van der Waals surface area contributed by atoms with Crippen molar-refractivity contribution in [2.75, 3.05) is 37.6 Å². The fraction of sp³-hybridized carbons (Fsp3) is 0.833. The first-order valence-corrected chi connectivity index (χ1v) is 7.41. The highest BCUT2D eigenvalue weighted by Crippen LogP contribution is 2.22. The van der Waals surface area contributed by atoms with Crippen molar-refractivity contribution in [1.82, 2.24) is 14.3 Å². The summed E-state index contributed by atoms with van der Waals surface area (Å²) >= 11 is 1.52. The van der Waals surface area contributed by atoms with Gasteiger partial charge in [-0.05, 0) is 6.92 Å². The summed E-state index contributed by atoms with van der Waals surface area (Å²) in [6.07, 6.45) is 0. The number of aromatic nitrogens is 2. The second-order valence-electron chi connectivity index (χ2n) is 5.20. The van der Waals surface area contributed by atoms with Crippen molar-refractivity contribution in [3.63, 3.8) is 0 Å². The first-order valence-electron chi connectivity index (χ1n) is 6.64. The van der Waals surface area contributed by atoms with E-state index in [1.807, 2.05) is 0 Å². The summed E-state index contributed by atoms with van der Waals surface area (Å²) in [5.74, 6) is 1.38. The fourth-order valence-corrected chi connectivity index (χ4v) is 2.95. The number of piperazine rings is 1. The molecule has 1 fully saturated rings. The quantitative estimate of drug-likeness (QED) is 0.888. The largest absolute Gasteiger partial charge is 0.344 e. The van der Waals surface area contributed by atoms with Crippen LogP contribution in [0.1, 0.15) is 32.5 Å². The lowest BCUT2D eigenvalue weighted by Gasteiger charge is -2.37. The summed E-state index contributed by atoms with van der Waals surface area (Å²) in [4.78, 5) is 9.40. The minimum absolute atomic E-state index is 0.411. The molecule has 102 valence electrons. The van der Waals surface area contributed by atoms with E-state index in [0.717, 1.165) is 43.7 Å². The molecule has 2 rings (SSSR count). The number of anilines is 1. The Balaban J connectivity index is 1.92. The molecule has 1 aromatic heterocycles. The molecule has 1 atom stereocenters. The third-order valence-electron chi connectivity index (χ3n) is 3.50. The zero-order valence-corrected chi connectivity index (χ0v) is 12.3. The molecule has 1 unspecified atom stereocenters. The van der Waals surface area contributed by atoms with Gasteiger partial charge < -0.3 is 10.6 Å². The number of rotatable bonds is 4. The van der Waals surface area contributed by atoms with Crippen molar-refractivity contribution < 1.29 is 0 Å². The fourth-order valence-electron chi connectivity index (χ4n) is 2.09. The van der Waals surface area contributed by atoms with Gasteiger partial charge in [-0.15, -0.1) is 0 Å². The molecule has 0 saturated carbocycles. The molecule has 0 aliphatic carbocycles. The smallest absolute Gasteiger partial charge is 0.205 e. The molecule has 1 aromatic rings. The van der Waals surface area contributed by atoms with Crippen LogP contribution in [0.5, 0.6) is 0 Å². The van der Waals surface area contributed by atoms with E-state index in [-0.39, 0.29) is 0 Å². The van der Waals surface area contributed by atoms with E-state index in [4.69, 9.17) is 5.73 Å². The van der Waals surface area contributed by atoms with Crippen molar-refractivity contribution in [2.45, 2.75) is 32.7 Å². The van der Waals surface area contributed by atoms with Crippen LogP contribution in [0.4, 0.5) is 5.13 Å². The minimum Gasteiger partial charge on any atom is -0.344 e. The maximum Gasteiger partial charge on any atom is 0.205 e. The molecule has 0 bridgehead atoms. The van der Waals surface area contributed by atoms with Crippen LogP contribution in [0.15, 0.2) is 0 Å². The zero-order chi connectivity index (χ0) is 13.1. The SMILES string of the molecule is CC(C)c1nsc(N2CCN(C(C)CN)CC2)n1. The first-order chi connectivity index (χ1) is 8.61. The summed E-state index contributed by atoms with van der Waals surface area (Å²) in [6, 6.07) is 0.479. The lowest BCUT2D eigenvalue weighted by molar-refractivity contribution is 0.201. The molecule has 0 aromatic carbocycles. The summed E-state index contributed by atoms with van der Waals surface area (Å²) in [7, 11) is 0. The first kappa shape index (κ1) is 13.7. The van der Waals surface area contributed by atoms with Crippen LogP contribution in [0, 0.1) is 0 Å². The van der Waals surface area contributed by atoms with Gasteiger partial charge in [-0.3, -0.25) is 4.90 Å². The molecule has 2 N–H and O–H groups in total. The second kappa shape index (κ2) is 5.95. The maximum atomic E-state index is 5.71. The number of nitrogens with zero attached hydrogens (tertiary/aromatic N) is 4. The van der Waals surface area contributed by atoms with Gasteiger partial charge in [-0.1, -0.05) is 13.8 Å². The summed E-state index contributed by atoms with van der Waals surface area (Å²) in [5.41, 5.74) is 5.71. The predicted octanol–water partition coefficient (Wildman–Crippen LogP) is 1.13. The summed E-state index contributed by atoms with van der Waals surface area (Å²) in [5, 5.41) is 1.07. The van der Waals surface area contributed by atoms with Gasteiger partial charge in [0.15, 0.2) is 0 Å². The van der Waals surface area contributed by atoms with Gasteiger partial charge in [0.25, 0.3) is 0 Å². The standard InChI is InChI=1S/C12H23N5S/c1-9(2)11-14-12(18-15-11)17-6-4-16(5-7-17)10(3)8-13/h9-10H,4-8,13H2,1-3H3. The monoisotopic (exact) mass is 269 g/mol. The normalized spacial score (nSPS) is 19.5. The van der Waals surface area contributed by atoms with E-state index in [9.17, 15) is 0 Å². The van der Waals surface area contributed by atoms with Gasteiger partial charge in [-0.2, -0.15) is 4.37 Å². The lowest BCUT2D eigenvalue weighted by atomic mass is 10.2. The van der Waals surface area contributed by atoms with Gasteiger partial charge in [0.1, 0.15) is 5.82 Å². The summed E-state index contributed by atoms with van der Waals surface area (Å²) < 4.78 is 4.42. The van der Waals surface area contributed by atoms with E-state index in [1.54, 1.807) is 0 Å². The van der Waals surface area contributed by atoms with Crippen molar-refractivity contribution in [3.05, 3.63) is 5.82 Å². The van der Waals surface area contributed by atoms with Crippen LogP contribution in [0.3, 0.4) is 0 Å². The predicted molar refractivity (Wildman–Crippen MR) is 76.3 cm³/mol. The number of hydrogen-bond acceptors (Lipinski definition) is 6. The minimum atomic E-state index is 0.411. The van der Waals surface area contributed by atoms with E-state index in [2.05, 4.69) is 39.9 Å². The van der Waals surface area contributed by atoms with Gasteiger partial charge in [0.2, 0.25) is 5.13 Å². The maximum absolute atomic E-state index is 5.71. The molecule has 1 aliphatic heterocycles. The molecule has 18 heavy (non-hydrogen) atoms. The number of nitrogens with two attached hydrogens (primary N) is 1. The van der Waals surface area contributed by atoms with Crippen LogP contribution in [-0.4, -0.2) is 53.0 Å². The molecule has 0 amide bonds. The average Bonchev–Trinajstić information content (AvgIpc) is 2.88. The molecule has 1 aliphatic rings. The van der Waals surface area contributed by atoms with Crippen LogP contribution in [0.25, 0.3) is 0 Å². The molecule has 1 saturated heterocycles. The van der Waals surface area contributed by atoms with Gasteiger partial charge >= 0.3 is 0 Å². The molecule has 6 heteroatoms. The Morgan fingerprint density at radius 3 is 2.39 bits per heavy atom. The Labute approximate surface area is 113 Å². The van der Waals surface area contributed by atoms with Crippen LogP contribution >= 0.6 is 11.5 Å². The highest BCUT2D eigenvalue weighted by Gasteiger charge is 2.22. The van der Waals surface area contributed by atoms with Crippen LogP contribution < -0.4 is 10.6 Å². The van der Waals surface area contributed by atoms with Crippen molar-refractivity contribution >= 4 is 16.7 Å². The third kappa shape index (κ3) is 2.99. The molecule has 2 heterocycles. The van der Waals surface area contributed by atoms with Crippen molar-refractivity contribution in [1.29, 1.82) is 0 Å². The molecule has 0 spiro atoms. The zero-order valence-electron chi connectivity index (χ0n) is 11.5. The Hall–Kier alpha value is -0.720. The Morgan fingerprint density at radius 1 is 1.22 bits per heavy atom. The van der Waals surface area contributed by atoms with Gasteiger partial charge in [-0.25, -0.2) is 4.98 Å². The van der Waals surface area contributed by atoms with E-state index < -0.39 is 0 Å². The van der Waals surface area contributed by atoms with Crippen molar-refractivity contribution in [3.8, 4) is 0 Å². The highest BCUT2D eigenvalue weighted by atomic mass is 32.1. The molecule has 0 radical (unpaired) electrons. The Morgan fingerprint density at radius 2 is 1.89 bits per heavy atom. The lowest BCUT2D eigenvalue weighted by Crippen LogP contribution is -2.51. The highest BCUT2D eigenvalue weighted by molar-refractivity contribution is 7.09. The van der Waals surface area contributed by atoms with E-state index in [0.29, 0.717) is 12.0 Å². The topological polar surface area (TPSA) is 58.3 Å². The number of hydrogen-bond donors (Lipinski definition) is 1. The Bertz CT molecular complexity index is 370. The van der Waals surface area contributed by atoms with Gasteiger partial charge in [0.05, 0.1) is 0 Å². The van der Waals surface area contributed by atoms with Crippen LogP contribution in [0.2, 0.25) is 0 Å². The second-order valence-corrected chi connectivity index (χ2v) is 5.93. The van der Waals surface area contributed by atoms with E-state index in [1.165, 1.54) is 11.5 Å². The third-order valence-corrected chi connectivity index (χ3v) is 4.29. The van der Waals surface area contributed by atoms with E-state index >= 15 is 0 Å². The average molecular weight is 269 g/mol. The molecular weight excluding hydrogens is 246 g/mol. The Kier molecular flexibility index (Phi) is 4.53. The van der Waals surface area contributed by atoms with Crippen molar-refractivity contribution in [2.24, 2.45) is 5.73 Å². The van der Waals surface area contributed by atoms with Gasteiger partial charge in [0, 0.05) is 56.2 Å². The summed E-state index contributed by atoms with van der Waals surface area (Å²) in [6.45, 7) is 11.4. The van der Waals surface area contributed by atoms with Crippen LogP contribution in [-0.2, 0) is 0 Å².